The molecule has 6 heteroatoms. The van der Waals surface area contributed by atoms with E-state index in [1.54, 1.807) is 18.2 Å². The number of nitrogens with zero attached hydrogens (tertiary/aromatic N) is 1. The minimum Gasteiger partial charge on any atom is -0.480 e. The second-order valence-electron chi connectivity index (χ2n) is 4.48. The molecule has 1 unspecified atom stereocenters. The van der Waals surface area contributed by atoms with Crippen molar-refractivity contribution in [2.75, 3.05) is 26.3 Å². The molecule has 1 fully saturated rings. The van der Waals surface area contributed by atoms with E-state index in [0.717, 1.165) is 5.56 Å². The third kappa shape index (κ3) is 4.08. The summed E-state index contributed by atoms with van der Waals surface area (Å²) in [6.07, 6.45) is 0.385. The number of carboxylic acid groups (broad SMARTS) is 1. The average Bonchev–Trinajstić information content (AvgIpc) is 2.35. The van der Waals surface area contributed by atoms with Gasteiger partial charge in [0.25, 0.3) is 0 Å². The Morgan fingerprint density at radius 2 is 1.84 bits per heavy atom. The van der Waals surface area contributed by atoms with Crippen LogP contribution in [0.25, 0.3) is 0 Å². The molecule has 1 saturated heterocycles. The highest BCUT2D eigenvalue weighted by Gasteiger charge is 2.27. The van der Waals surface area contributed by atoms with Gasteiger partial charge in [-0.1, -0.05) is 23.2 Å². The third-order valence-electron chi connectivity index (χ3n) is 3.12. The summed E-state index contributed by atoms with van der Waals surface area (Å²) in [4.78, 5) is 13.3. The molecule has 19 heavy (non-hydrogen) atoms. The van der Waals surface area contributed by atoms with Crippen LogP contribution in [0.15, 0.2) is 18.2 Å². The normalized spacial score (nSPS) is 18.2. The van der Waals surface area contributed by atoms with Crippen molar-refractivity contribution in [3.8, 4) is 0 Å². The molecule has 1 atom stereocenters. The molecule has 1 aliphatic heterocycles. The molecule has 104 valence electrons. The van der Waals surface area contributed by atoms with Crippen LogP contribution in [0.1, 0.15) is 5.56 Å². The van der Waals surface area contributed by atoms with Crippen LogP contribution in [0, 0.1) is 0 Å². The molecule has 0 bridgehead atoms. The molecule has 0 radical (unpaired) electrons. The number of ether oxygens (including phenoxy) is 1. The lowest BCUT2D eigenvalue weighted by molar-refractivity contribution is -0.145. The fourth-order valence-electron chi connectivity index (χ4n) is 2.21. The van der Waals surface area contributed by atoms with Crippen LogP contribution in [-0.2, 0) is 16.0 Å². The molecular weight excluding hydrogens is 289 g/mol. The SMILES string of the molecule is O=C(O)C(Cc1cc(Cl)cc(Cl)c1)N1CCOCC1. The number of hydrogen-bond acceptors (Lipinski definition) is 3. The highest BCUT2D eigenvalue weighted by molar-refractivity contribution is 6.34. The molecule has 0 amide bonds. The number of aliphatic carboxylic acids is 1. The maximum atomic E-state index is 11.4. The molecule has 1 aromatic carbocycles. The van der Waals surface area contributed by atoms with E-state index in [2.05, 4.69) is 0 Å². The van der Waals surface area contributed by atoms with Crippen LogP contribution in [-0.4, -0.2) is 48.3 Å². The van der Waals surface area contributed by atoms with E-state index in [0.29, 0.717) is 42.8 Å². The molecule has 1 aliphatic rings. The van der Waals surface area contributed by atoms with E-state index in [9.17, 15) is 9.90 Å². The fourth-order valence-corrected chi connectivity index (χ4v) is 2.79. The summed E-state index contributed by atoms with van der Waals surface area (Å²) in [5.74, 6) is -0.835. The molecule has 1 heterocycles. The monoisotopic (exact) mass is 303 g/mol. The second kappa shape index (κ2) is 6.57. The summed E-state index contributed by atoms with van der Waals surface area (Å²) >= 11 is 11.9. The van der Waals surface area contributed by atoms with Gasteiger partial charge in [0.05, 0.1) is 13.2 Å². The fraction of sp³-hybridized carbons (Fsp3) is 0.462. The number of carbonyl (C=O) groups is 1. The van der Waals surface area contributed by atoms with Crippen molar-refractivity contribution in [3.63, 3.8) is 0 Å². The van der Waals surface area contributed by atoms with Gasteiger partial charge in [-0.2, -0.15) is 0 Å². The minimum atomic E-state index is -0.835. The number of halogens is 2. The zero-order chi connectivity index (χ0) is 13.8. The Balaban J connectivity index is 2.13. The van der Waals surface area contributed by atoms with Gasteiger partial charge in [0.15, 0.2) is 0 Å². The van der Waals surface area contributed by atoms with E-state index in [1.807, 2.05) is 4.90 Å². The summed E-state index contributed by atoms with van der Waals surface area (Å²) < 4.78 is 5.24. The number of carboxylic acids is 1. The molecule has 0 spiro atoms. The van der Waals surface area contributed by atoms with Crippen LogP contribution < -0.4 is 0 Å². The van der Waals surface area contributed by atoms with Crippen molar-refractivity contribution in [2.24, 2.45) is 0 Å². The van der Waals surface area contributed by atoms with Gasteiger partial charge in [-0.05, 0) is 30.2 Å². The van der Waals surface area contributed by atoms with Crippen LogP contribution in [0.3, 0.4) is 0 Å². The molecule has 2 rings (SSSR count). The topological polar surface area (TPSA) is 49.8 Å². The Kier molecular flexibility index (Phi) is 5.05. The van der Waals surface area contributed by atoms with E-state index < -0.39 is 12.0 Å². The van der Waals surface area contributed by atoms with Gasteiger partial charge in [0.1, 0.15) is 6.04 Å². The largest absolute Gasteiger partial charge is 0.480 e. The first-order valence-corrected chi connectivity index (χ1v) is 6.81. The van der Waals surface area contributed by atoms with Crippen LogP contribution in [0.2, 0.25) is 10.0 Å². The molecule has 0 aromatic heterocycles. The van der Waals surface area contributed by atoms with Crippen LogP contribution in [0.4, 0.5) is 0 Å². The summed E-state index contributed by atoms with van der Waals surface area (Å²) in [6.45, 7) is 2.40. The van der Waals surface area contributed by atoms with Gasteiger partial charge in [-0.15, -0.1) is 0 Å². The van der Waals surface area contributed by atoms with E-state index in [4.69, 9.17) is 27.9 Å². The predicted octanol–water partition coefficient (Wildman–Crippen LogP) is 2.32. The lowest BCUT2D eigenvalue weighted by atomic mass is 10.0. The molecule has 4 nitrogen and oxygen atoms in total. The smallest absolute Gasteiger partial charge is 0.321 e. The van der Waals surface area contributed by atoms with Gasteiger partial charge in [0, 0.05) is 23.1 Å². The Labute approximate surface area is 121 Å². The minimum absolute atomic E-state index is 0.385. The molecule has 1 aromatic rings. The summed E-state index contributed by atoms with van der Waals surface area (Å²) in [6, 6.07) is 4.57. The van der Waals surface area contributed by atoms with Gasteiger partial charge >= 0.3 is 5.97 Å². The molecule has 0 aliphatic carbocycles. The first-order valence-electron chi connectivity index (χ1n) is 6.06. The molecule has 1 N–H and O–H groups in total. The standard InChI is InChI=1S/C13H15Cl2NO3/c14-10-5-9(6-11(15)8-10)7-12(13(17)18)16-1-3-19-4-2-16/h5-6,8,12H,1-4,7H2,(H,17,18). The predicted molar refractivity (Wildman–Crippen MR) is 74.0 cm³/mol. The quantitative estimate of drug-likeness (QED) is 0.927. The summed E-state index contributed by atoms with van der Waals surface area (Å²) in [5.41, 5.74) is 0.830. The van der Waals surface area contributed by atoms with Crippen molar-refractivity contribution < 1.29 is 14.6 Å². The van der Waals surface area contributed by atoms with Gasteiger partial charge < -0.3 is 9.84 Å². The van der Waals surface area contributed by atoms with Crippen molar-refractivity contribution in [3.05, 3.63) is 33.8 Å². The number of hydrogen-bond donors (Lipinski definition) is 1. The van der Waals surface area contributed by atoms with Crippen LogP contribution in [0.5, 0.6) is 0 Å². The van der Waals surface area contributed by atoms with Crippen molar-refractivity contribution in [1.29, 1.82) is 0 Å². The Morgan fingerprint density at radius 1 is 1.26 bits per heavy atom. The zero-order valence-corrected chi connectivity index (χ0v) is 11.8. The molecule has 0 saturated carbocycles. The second-order valence-corrected chi connectivity index (χ2v) is 5.36. The van der Waals surface area contributed by atoms with Gasteiger partial charge in [0.2, 0.25) is 0 Å². The number of rotatable bonds is 4. The van der Waals surface area contributed by atoms with E-state index in [-0.39, 0.29) is 0 Å². The first kappa shape index (κ1) is 14.6. The lowest BCUT2D eigenvalue weighted by Crippen LogP contribution is -2.48. The Morgan fingerprint density at radius 3 is 2.37 bits per heavy atom. The summed E-state index contributed by atoms with van der Waals surface area (Å²) in [7, 11) is 0. The number of benzene rings is 1. The maximum Gasteiger partial charge on any atom is 0.321 e. The van der Waals surface area contributed by atoms with Crippen molar-refractivity contribution in [2.45, 2.75) is 12.5 Å². The summed E-state index contributed by atoms with van der Waals surface area (Å²) in [5, 5.41) is 10.4. The molecular formula is C13H15Cl2NO3. The zero-order valence-electron chi connectivity index (χ0n) is 10.3. The highest BCUT2D eigenvalue weighted by Crippen LogP contribution is 2.21. The average molecular weight is 304 g/mol. The highest BCUT2D eigenvalue weighted by atomic mass is 35.5. The lowest BCUT2D eigenvalue weighted by Gasteiger charge is -2.32. The van der Waals surface area contributed by atoms with Gasteiger partial charge in [-0.25, -0.2) is 0 Å². The van der Waals surface area contributed by atoms with Gasteiger partial charge in [-0.3, -0.25) is 9.69 Å². The van der Waals surface area contributed by atoms with E-state index in [1.165, 1.54) is 0 Å². The van der Waals surface area contributed by atoms with Crippen molar-refractivity contribution >= 4 is 29.2 Å². The van der Waals surface area contributed by atoms with Crippen molar-refractivity contribution in [1.82, 2.24) is 4.90 Å². The van der Waals surface area contributed by atoms with E-state index >= 15 is 0 Å². The number of morpholine rings is 1. The third-order valence-corrected chi connectivity index (χ3v) is 3.56. The Hall–Kier alpha value is -0.810. The first-order chi connectivity index (χ1) is 9.06. The van der Waals surface area contributed by atoms with Crippen LogP contribution >= 0.6 is 23.2 Å². The Bertz CT molecular complexity index is 441. The maximum absolute atomic E-state index is 11.4.